The molecule has 1 fully saturated rings. The second-order valence-electron chi connectivity index (χ2n) is 4.94. The van der Waals surface area contributed by atoms with Gasteiger partial charge in [0.1, 0.15) is 5.82 Å². The van der Waals surface area contributed by atoms with Crippen molar-refractivity contribution in [2.24, 2.45) is 5.92 Å². The number of hydrogen-bond acceptors (Lipinski definition) is 1. The zero-order chi connectivity index (χ0) is 13.1. The van der Waals surface area contributed by atoms with Crippen molar-refractivity contribution in [2.45, 2.75) is 26.8 Å². The van der Waals surface area contributed by atoms with E-state index in [0.29, 0.717) is 12.5 Å². The van der Waals surface area contributed by atoms with Gasteiger partial charge in [-0.15, -0.1) is 0 Å². The first-order valence-electron chi connectivity index (χ1n) is 6.29. The van der Waals surface area contributed by atoms with Crippen molar-refractivity contribution in [3.8, 4) is 0 Å². The van der Waals surface area contributed by atoms with Gasteiger partial charge in [-0.3, -0.25) is 4.79 Å². The number of piperidine rings is 1. The number of allylic oxidation sites excluding steroid dienone is 1. The third-order valence-electron chi connectivity index (χ3n) is 3.30. The predicted molar refractivity (Wildman–Crippen MR) is 69.4 cm³/mol. The summed E-state index contributed by atoms with van der Waals surface area (Å²) in [6, 6.07) is 6.34. The van der Waals surface area contributed by atoms with Crippen LogP contribution in [0.1, 0.15) is 25.8 Å². The molecule has 0 aromatic heterocycles. The number of amides is 1. The maximum absolute atomic E-state index is 12.8. The topological polar surface area (TPSA) is 20.3 Å². The lowest BCUT2D eigenvalue weighted by Crippen LogP contribution is -2.40. The molecule has 2 nitrogen and oxygen atoms in total. The van der Waals surface area contributed by atoms with E-state index in [2.05, 4.69) is 6.92 Å². The number of halogens is 1. The molecule has 0 saturated carbocycles. The Morgan fingerprint density at radius 2 is 2.06 bits per heavy atom. The van der Waals surface area contributed by atoms with Crippen LogP contribution in [-0.2, 0) is 11.3 Å². The van der Waals surface area contributed by atoms with E-state index in [-0.39, 0.29) is 11.7 Å². The van der Waals surface area contributed by atoms with Gasteiger partial charge in [-0.1, -0.05) is 25.1 Å². The average Bonchev–Trinajstić information content (AvgIpc) is 2.36. The van der Waals surface area contributed by atoms with Gasteiger partial charge in [0, 0.05) is 18.7 Å². The van der Waals surface area contributed by atoms with Crippen molar-refractivity contribution >= 4 is 5.91 Å². The maximum atomic E-state index is 12.8. The van der Waals surface area contributed by atoms with E-state index < -0.39 is 0 Å². The summed E-state index contributed by atoms with van der Waals surface area (Å²) in [6.07, 6.45) is 2.75. The molecule has 96 valence electrons. The molecular formula is C15H18FNO. The molecule has 0 aliphatic carbocycles. The fourth-order valence-electron chi connectivity index (χ4n) is 2.38. The van der Waals surface area contributed by atoms with Gasteiger partial charge in [-0.25, -0.2) is 4.39 Å². The Hall–Kier alpha value is -1.64. The zero-order valence-electron chi connectivity index (χ0n) is 10.8. The lowest BCUT2D eigenvalue weighted by Gasteiger charge is -2.32. The summed E-state index contributed by atoms with van der Waals surface area (Å²) in [4.78, 5) is 14.0. The van der Waals surface area contributed by atoms with Crippen LogP contribution < -0.4 is 0 Å². The summed E-state index contributed by atoms with van der Waals surface area (Å²) in [7, 11) is 0. The summed E-state index contributed by atoms with van der Waals surface area (Å²) >= 11 is 0. The van der Waals surface area contributed by atoms with Crippen LogP contribution in [0, 0.1) is 11.7 Å². The molecule has 1 aliphatic heterocycles. The Kier molecular flexibility index (Phi) is 3.80. The molecule has 18 heavy (non-hydrogen) atoms. The fourth-order valence-corrected chi connectivity index (χ4v) is 2.38. The van der Waals surface area contributed by atoms with E-state index in [1.165, 1.54) is 12.1 Å². The quantitative estimate of drug-likeness (QED) is 0.735. The van der Waals surface area contributed by atoms with Crippen molar-refractivity contribution in [3.63, 3.8) is 0 Å². The van der Waals surface area contributed by atoms with Crippen molar-refractivity contribution < 1.29 is 9.18 Å². The Morgan fingerprint density at radius 3 is 2.67 bits per heavy atom. The number of likely N-dealkylation sites (tertiary alicyclic amines) is 1. The fraction of sp³-hybridized carbons (Fsp3) is 0.400. The summed E-state index contributed by atoms with van der Waals surface area (Å²) in [5, 5.41) is 0. The van der Waals surface area contributed by atoms with Crippen LogP contribution in [0.4, 0.5) is 4.39 Å². The van der Waals surface area contributed by atoms with Crippen LogP contribution >= 0.6 is 0 Å². The maximum Gasteiger partial charge on any atom is 0.249 e. The highest BCUT2D eigenvalue weighted by molar-refractivity contribution is 5.94. The van der Waals surface area contributed by atoms with Gasteiger partial charge in [-0.05, 0) is 37.0 Å². The molecular weight excluding hydrogens is 229 g/mol. The number of benzene rings is 1. The third kappa shape index (κ3) is 2.78. The van der Waals surface area contributed by atoms with Gasteiger partial charge in [0.25, 0.3) is 0 Å². The highest BCUT2D eigenvalue weighted by Gasteiger charge is 2.26. The molecule has 1 aromatic rings. The zero-order valence-corrected chi connectivity index (χ0v) is 10.8. The number of nitrogens with zero attached hydrogens (tertiary/aromatic N) is 1. The molecule has 0 N–H and O–H groups in total. The van der Waals surface area contributed by atoms with Crippen LogP contribution in [0.3, 0.4) is 0 Å². The summed E-state index contributed by atoms with van der Waals surface area (Å²) < 4.78 is 12.8. The largest absolute Gasteiger partial charge is 0.334 e. The molecule has 1 heterocycles. The molecule has 0 spiro atoms. The minimum atomic E-state index is -0.244. The molecule has 2 rings (SSSR count). The molecule has 1 unspecified atom stereocenters. The number of carbonyl (C=O) groups is 1. The minimum absolute atomic E-state index is 0.111. The average molecular weight is 247 g/mol. The smallest absolute Gasteiger partial charge is 0.249 e. The van der Waals surface area contributed by atoms with Gasteiger partial charge in [0.2, 0.25) is 5.91 Å². The van der Waals surface area contributed by atoms with E-state index in [4.69, 9.17) is 0 Å². The second-order valence-corrected chi connectivity index (χ2v) is 4.94. The normalized spacial score (nSPS) is 22.6. The predicted octanol–water partition coefficient (Wildman–Crippen LogP) is 3.14. The van der Waals surface area contributed by atoms with Crippen LogP contribution in [0.2, 0.25) is 0 Å². The first-order chi connectivity index (χ1) is 8.60. The van der Waals surface area contributed by atoms with Crippen LogP contribution in [0.15, 0.2) is 35.9 Å². The number of rotatable bonds is 2. The van der Waals surface area contributed by atoms with Gasteiger partial charge in [0.15, 0.2) is 0 Å². The van der Waals surface area contributed by atoms with Crippen LogP contribution in [0.5, 0.6) is 0 Å². The first kappa shape index (κ1) is 12.8. The standard InChI is InChI=1S/C15H18FNO/c1-3-13-8-11(2)9-17(15(13)18)10-12-4-6-14(16)7-5-12/h3-7,11H,8-10H2,1-2H3. The van der Waals surface area contributed by atoms with E-state index in [0.717, 1.165) is 24.1 Å². The molecule has 1 saturated heterocycles. The van der Waals surface area contributed by atoms with E-state index in [1.54, 1.807) is 12.1 Å². The summed E-state index contributed by atoms with van der Waals surface area (Å²) in [5.41, 5.74) is 1.85. The van der Waals surface area contributed by atoms with Crippen molar-refractivity contribution in [1.82, 2.24) is 4.90 Å². The van der Waals surface area contributed by atoms with Crippen molar-refractivity contribution in [3.05, 3.63) is 47.3 Å². The van der Waals surface area contributed by atoms with Crippen LogP contribution in [-0.4, -0.2) is 17.4 Å². The van der Waals surface area contributed by atoms with Gasteiger partial charge >= 0.3 is 0 Å². The molecule has 1 aromatic carbocycles. The molecule has 1 amide bonds. The van der Waals surface area contributed by atoms with Crippen LogP contribution in [0.25, 0.3) is 0 Å². The second kappa shape index (κ2) is 5.34. The SMILES string of the molecule is CC=C1CC(C)CN(Cc2ccc(F)cc2)C1=O. The Morgan fingerprint density at radius 1 is 1.39 bits per heavy atom. The molecule has 0 bridgehead atoms. The van der Waals surface area contributed by atoms with E-state index in [9.17, 15) is 9.18 Å². The summed E-state index contributed by atoms with van der Waals surface area (Å²) in [6.45, 7) is 5.38. The van der Waals surface area contributed by atoms with E-state index in [1.807, 2.05) is 17.9 Å². The van der Waals surface area contributed by atoms with E-state index >= 15 is 0 Å². The molecule has 3 heteroatoms. The third-order valence-corrected chi connectivity index (χ3v) is 3.30. The molecule has 0 radical (unpaired) electrons. The molecule has 1 aliphatic rings. The van der Waals surface area contributed by atoms with Crippen molar-refractivity contribution in [1.29, 1.82) is 0 Å². The first-order valence-corrected chi connectivity index (χ1v) is 6.29. The Balaban J connectivity index is 2.12. The Bertz CT molecular complexity index is 464. The monoisotopic (exact) mass is 247 g/mol. The lowest BCUT2D eigenvalue weighted by atomic mass is 9.94. The van der Waals surface area contributed by atoms with Gasteiger partial charge in [0.05, 0.1) is 0 Å². The van der Waals surface area contributed by atoms with Gasteiger partial charge < -0.3 is 4.90 Å². The van der Waals surface area contributed by atoms with Gasteiger partial charge in [-0.2, -0.15) is 0 Å². The minimum Gasteiger partial charge on any atom is -0.334 e. The summed E-state index contributed by atoms with van der Waals surface area (Å²) in [5.74, 6) is 0.348. The molecule has 1 atom stereocenters. The number of hydrogen-bond donors (Lipinski definition) is 0. The van der Waals surface area contributed by atoms with Crippen molar-refractivity contribution in [2.75, 3.05) is 6.54 Å². The number of carbonyl (C=O) groups excluding carboxylic acids is 1. The highest BCUT2D eigenvalue weighted by atomic mass is 19.1. The highest BCUT2D eigenvalue weighted by Crippen LogP contribution is 2.23. The lowest BCUT2D eigenvalue weighted by molar-refractivity contribution is -0.130. The Labute approximate surface area is 107 Å².